The predicted molar refractivity (Wildman–Crippen MR) is 116 cm³/mol. The van der Waals surface area contributed by atoms with E-state index in [1.807, 2.05) is 25.1 Å². The van der Waals surface area contributed by atoms with Crippen molar-refractivity contribution >= 4 is 39.8 Å². The highest BCUT2D eigenvalue weighted by Crippen LogP contribution is 2.09. The number of rotatable bonds is 8. The molecule has 0 aliphatic carbocycles. The van der Waals surface area contributed by atoms with Gasteiger partial charge in [-0.2, -0.15) is 0 Å². The summed E-state index contributed by atoms with van der Waals surface area (Å²) in [6, 6.07) is 14.3. The largest absolute Gasteiger partial charge is 0.357 e. The van der Waals surface area contributed by atoms with Crippen LogP contribution in [0.1, 0.15) is 12.6 Å². The molecule has 142 valence electrons. The Morgan fingerprint density at radius 2 is 1.81 bits per heavy atom. The third-order valence-corrected chi connectivity index (χ3v) is 5.19. The van der Waals surface area contributed by atoms with Crippen molar-refractivity contribution in [3.05, 3.63) is 60.4 Å². The van der Waals surface area contributed by atoms with Crippen LogP contribution >= 0.6 is 24.0 Å². The first-order valence-corrected chi connectivity index (χ1v) is 9.97. The van der Waals surface area contributed by atoms with Gasteiger partial charge in [0, 0.05) is 31.4 Å². The average molecular weight is 488 g/mol. The molecule has 0 saturated heterocycles. The number of halogens is 1. The van der Waals surface area contributed by atoms with E-state index in [0.717, 1.165) is 12.1 Å². The molecule has 0 aliphatic heterocycles. The van der Waals surface area contributed by atoms with Gasteiger partial charge in [-0.1, -0.05) is 24.3 Å². The summed E-state index contributed by atoms with van der Waals surface area (Å²) in [4.78, 5) is 8.95. The van der Waals surface area contributed by atoms with Crippen LogP contribution in [-0.4, -0.2) is 44.7 Å². The molecule has 0 unspecified atom stereocenters. The van der Waals surface area contributed by atoms with Gasteiger partial charge in [0.25, 0.3) is 0 Å². The molecule has 0 fully saturated rings. The number of hydrogen-bond acceptors (Lipinski definition) is 4. The molecule has 0 bridgehead atoms. The lowest BCUT2D eigenvalue weighted by atomic mass is 10.3. The fourth-order valence-corrected chi connectivity index (χ4v) is 3.36. The van der Waals surface area contributed by atoms with Crippen molar-refractivity contribution in [2.24, 2.45) is 4.99 Å². The minimum Gasteiger partial charge on any atom is -0.357 e. The molecule has 2 aromatic rings. The summed E-state index contributed by atoms with van der Waals surface area (Å²) < 4.78 is 24.5. The summed E-state index contributed by atoms with van der Waals surface area (Å²) in [5.74, 6) is 0.593. The second-order valence-electron chi connectivity index (χ2n) is 5.39. The summed E-state index contributed by atoms with van der Waals surface area (Å²) in [6.07, 6.45) is 2.54. The Hall–Kier alpha value is -1.68. The van der Waals surface area contributed by atoms with Gasteiger partial charge in [-0.3, -0.25) is 9.98 Å². The Balaban J connectivity index is 0.00000338. The Bertz CT molecular complexity index is 768. The van der Waals surface area contributed by atoms with Crippen molar-refractivity contribution < 1.29 is 8.42 Å². The minimum absolute atomic E-state index is 0. The van der Waals surface area contributed by atoms with E-state index in [-0.39, 0.29) is 36.3 Å². The summed E-state index contributed by atoms with van der Waals surface area (Å²) in [7, 11) is -3.31. The quantitative estimate of drug-likeness (QED) is 0.339. The molecule has 8 heteroatoms. The average Bonchev–Trinajstić information content (AvgIpc) is 2.63. The maximum absolute atomic E-state index is 12.3. The topological polar surface area (TPSA) is 83.5 Å². The summed E-state index contributed by atoms with van der Waals surface area (Å²) in [5.41, 5.74) is 0.998. The van der Waals surface area contributed by atoms with E-state index in [9.17, 15) is 8.42 Å². The first-order chi connectivity index (χ1) is 12.1. The van der Waals surface area contributed by atoms with Crippen molar-refractivity contribution in [3.8, 4) is 0 Å². The molecule has 0 saturated carbocycles. The van der Waals surface area contributed by atoms with Crippen LogP contribution in [-0.2, 0) is 16.3 Å². The first-order valence-electron chi connectivity index (χ1n) is 8.31. The summed E-state index contributed by atoms with van der Waals surface area (Å²) in [5, 5.41) is 6.32. The number of benzene rings is 1. The van der Waals surface area contributed by atoms with E-state index in [2.05, 4.69) is 20.6 Å². The molecular formula is C18H25IN4O2S. The Morgan fingerprint density at radius 3 is 2.46 bits per heavy atom. The van der Waals surface area contributed by atoms with E-state index in [1.165, 1.54) is 0 Å². The molecule has 1 aromatic heterocycles. The zero-order chi connectivity index (χ0) is 18.0. The zero-order valence-corrected chi connectivity index (χ0v) is 17.9. The number of hydrogen-bond donors (Lipinski definition) is 2. The molecule has 0 amide bonds. The zero-order valence-electron chi connectivity index (χ0n) is 14.8. The minimum atomic E-state index is -3.31. The third kappa shape index (κ3) is 7.69. The van der Waals surface area contributed by atoms with Gasteiger partial charge in [-0.05, 0) is 31.2 Å². The van der Waals surface area contributed by atoms with Gasteiger partial charge in [-0.15, -0.1) is 24.0 Å². The van der Waals surface area contributed by atoms with Gasteiger partial charge < -0.3 is 10.6 Å². The van der Waals surface area contributed by atoms with E-state index in [4.69, 9.17) is 0 Å². The number of aliphatic imine (C=N–C) groups is 1. The highest BCUT2D eigenvalue weighted by molar-refractivity contribution is 14.0. The van der Waals surface area contributed by atoms with Gasteiger partial charge in [0.05, 0.1) is 17.2 Å². The number of guanidine groups is 1. The Morgan fingerprint density at radius 1 is 1.08 bits per heavy atom. The van der Waals surface area contributed by atoms with Crippen LogP contribution in [0.2, 0.25) is 0 Å². The second kappa shape index (κ2) is 11.8. The Kier molecular flexibility index (Phi) is 10.2. The maximum Gasteiger partial charge on any atom is 0.191 e. The first kappa shape index (κ1) is 22.4. The van der Waals surface area contributed by atoms with Gasteiger partial charge >= 0.3 is 0 Å². The summed E-state index contributed by atoms with van der Waals surface area (Å²) >= 11 is 0. The van der Waals surface area contributed by atoms with Crippen LogP contribution in [0, 0.1) is 0 Å². The standard InChI is InChI=1S/C18H24N4O2S.HI/c1-2-19-18(21-13-11-16-8-6-7-12-20-16)22-14-15-25(23,24)17-9-4-3-5-10-17;/h3-10,12H,2,11,13-15H2,1H3,(H2,19,21,22);1H. The number of sulfone groups is 1. The monoisotopic (exact) mass is 488 g/mol. The molecule has 6 nitrogen and oxygen atoms in total. The van der Waals surface area contributed by atoms with Crippen molar-refractivity contribution in [2.45, 2.75) is 18.2 Å². The fraction of sp³-hybridized carbons (Fsp3) is 0.333. The summed E-state index contributed by atoms with van der Waals surface area (Å²) in [6.45, 7) is 3.56. The van der Waals surface area contributed by atoms with E-state index < -0.39 is 9.84 Å². The van der Waals surface area contributed by atoms with Crippen LogP contribution in [0.4, 0.5) is 0 Å². The lowest BCUT2D eigenvalue weighted by molar-refractivity contribution is 0.596. The van der Waals surface area contributed by atoms with Gasteiger partial charge in [0.1, 0.15) is 0 Å². The molecule has 0 atom stereocenters. The molecule has 0 radical (unpaired) electrons. The molecular weight excluding hydrogens is 463 g/mol. The molecule has 1 heterocycles. The van der Waals surface area contributed by atoms with E-state index >= 15 is 0 Å². The van der Waals surface area contributed by atoms with Gasteiger partial charge in [-0.25, -0.2) is 8.42 Å². The molecule has 1 aromatic carbocycles. The smallest absolute Gasteiger partial charge is 0.191 e. The molecule has 2 N–H and O–H groups in total. The highest BCUT2D eigenvalue weighted by atomic mass is 127. The van der Waals surface area contributed by atoms with Crippen molar-refractivity contribution in [1.82, 2.24) is 15.6 Å². The number of pyridine rings is 1. The second-order valence-corrected chi connectivity index (χ2v) is 7.50. The molecule has 0 aliphatic rings. The molecule has 2 rings (SSSR count). The number of aromatic nitrogens is 1. The SMILES string of the molecule is CCNC(=NCCS(=O)(=O)c1ccccc1)NCCc1ccccn1.I. The van der Waals surface area contributed by atoms with Crippen molar-refractivity contribution in [1.29, 1.82) is 0 Å². The van der Waals surface area contributed by atoms with Crippen LogP contribution in [0.3, 0.4) is 0 Å². The van der Waals surface area contributed by atoms with E-state index in [0.29, 0.717) is 23.9 Å². The van der Waals surface area contributed by atoms with Crippen molar-refractivity contribution in [2.75, 3.05) is 25.4 Å². The van der Waals surface area contributed by atoms with Crippen molar-refractivity contribution in [3.63, 3.8) is 0 Å². The maximum atomic E-state index is 12.3. The van der Waals surface area contributed by atoms with Crippen LogP contribution in [0.15, 0.2) is 64.6 Å². The lowest BCUT2D eigenvalue weighted by Gasteiger charge is -2.11. The van der Waals surface area contributed by atoms with E-state index in [1.54, 1.807) is 36.5 Å². The predicted octanol–water partition coefficient (Wildman–Crippen LogP) is 2.27. The fourth-order valence-electron chi connectivity index (χ4n) is 2.22. The van der Waals surface area contributed by atoms with Gasteiger partial charge in [0.2, 0.25) is 0 Å². The molecule has 26 heavy (non-hydrogen) atoms. The normalized spacial score (nSPS) is 11.5. The van der Waals surface area contributed by atoms with Crippen LogP contribution < -0.4 is 10.6 Å². The number of nitrogens with one attached hydrogen (secondary N) is 2. The highest BCUT2D eigenvalue weighted by Gasteiger charge is 2.13. The molecule has 0 spiro atoms. The third-order valence-electron chi connectivity index (χ3n) is 3.48. The lowest BCUT2D eigenvalue weighted by Crippen LogP contribution is -2.38. The van der Waals surface area contributed by atoms with Gasteiger partial charge in [0.15, 0.2) is 15.8 Å². The number of nitrogens with zero attached hydrogens (tertiary/aromatic N) is 2. The van der Waals surface area contributed by atoms with Crippen LogP contribution in [0.5, 0.6) is 0 Å². The van der Waals surface area contributed by atoms with Crippen LogP contribution in [0.25, 0.3) is 0 Å². The Labute approximate surface area is 172 Å².